The van der Waals surface area contributed by atoms with Gasteiger partial charge in [-0.25, -0.2) is 9.59 Å². The van der Waals surface area contributed by atoms with E-state index in [1.54, 1.807) is 92.7 Å². The van der Waals surface area contributed by atoms with Crippen LogP contribution in [0.15, 0.2) is 84.9 Å². The zero-order chi connectivity index (χ0) is 53.8. The van der Waals surface area contributed by atoms with Crippen LogP contribution >= 0.6 is 0 Å². The summed E-state index contributed by atoms with van der Waals surface area (Å²) in [5.74, 6) is -9.26. The molecule has 74 heavy (non-hydrogen) atoms. The molecule has 5 N–H and O–H groups in total. The molecule has 3 fully saturated rings. The summed E-state index contributed by atoms with van der Waals surface area (Å²) >= 11 is 0. The molecule has 6 rings (SSSR count). The lowest BCUT2D eigenvalue weighted by molar-refractivity contribution is -0.167. The number of Topliss-reactive ketones (excluding diaryl/α,β-unsaturated/α-hetero) is 2. The van der Waals surface area contributed by atoms with Crippen molar-refractivity contribution in [2.45, 2.75) is 141 Å². The molecule has 6 amide bonds. The Balaban J connectivity index is 1.31. The van der Waals surface area contributed by atoms with Crippen LogP contribution in [0.1, 0.15) is 95.4 Å². The molecule has 2 saturated heterocycles. The number of nitrogens with one attached hydrogen (secondary N) is 4. The minimum absolute atomic E-state index is 0.0110. The summed E-state index contributed by atoms with van der Waals surface area (Å²) in [4.78, 5) is 130. The maximum absolute atomic E-state index is 15.1. The van der Waals surface area contributed by atoms with E-state index in [2.05, 4.69) is 27.3 Å². The molecular formula is C55H67N7O12. The number of nitriles is 1. The molecule has 0 aromatic heterocycles. The van der Waals surface area contributed by atoms with Crippen LogP contribution in [0, 0.1) is 35.0 Å². The van der Waals surface area contributed by atoms with Crippen LogP contribution in [0.25, 0.3) is 0 Å². The minimum atomic E-state index is -1.47. The molecule has 19 nitrogen and oxygen atoms in total. The number of carbonyl (C=O) groups is 9. The zero-order valence-corrected chi connectivity index (χ0v) is 42.7. The average Bonchev–Trinajstić information content (AvgIpc) is 4.23. The van der Waals surface area contributed by atoms with E-state index in [0.29, 0.717) is 24.0 Å². The predicted molar refractivity (Wildman–Crippen MR) is 267 cm³/mol. The molecule has 0 unspecified atom stereocenters. The number of aliphatic hydroxyl groups excluding tert-OH is 1. The summed E-state index contributed by atoms with van der Waals surface area (Å²) < 4.78 is 11.2. The smallest absolute Gasteiger partial charge is 0.408 e. The summed E-state index contributed by atoms with van der Waals surface area (Å²) in [6, 6.07) is 18.6. The number of piperidine rings is 1. The quantitative estimate of drug-likeness (QED) is 0.145. The molecule has 10 atom stereocenters. The predicted octanol–water partition coefficient (Wildman–Crippen LogP) is 3.43. The third kappa shape index (κ3) is 14.6. The third-order valence-electron chi connectivity index (χ3n) is 14.0. The highest BCUT2D eigenvalue weighted by Gasteiger charge is 2.47. The van der Waals surface area contributed by atoms with E-state index in [-0.39, 0.29) is 50.2 Å². The standard InChI is InChI=1S/C55H67N7O12/c1-31(2)47-54(71)74-34(5)41(28-44(63)32(3)57-49(66)33(4)58-55(72)73-30-36-16-11-8-12-17-36)50(67)60-48(39-20-21-39)45(64)27-40-22-23-46(65)62(52(40)69)43(26-37-18-13-19-38(24-37)29-56)53(70)61(6)42(51(68)59-47)25-35-14-9-7-10-15-35/h7-19,24,31-34,39-43,46-48,65H,20-23,25-28,30H2,1-6H3,(H,57,66)(H,58,72)(H,59,68)(H,60,67)/t32-,33-,34+,40+,41-,42-,43-,46+,47-,48-/m0/s1. The van der Waals surface area contributed by atoms with Crippen molar-refractivity contribution in [2.24, 2.45) is 23.7 Å². The van der Waals surface area contributed by atoms with Gasteiger partial charge in [0.25, 0.3) is 0 Å². The number of esters is 1. The number of amides is 6. The highest BCUT2D eigenvalue weighted by molar-refractivity contribution is 5.98. The van der Waals surface area contributed by atoms with Gasteiger partial charge in [-0.15, -0.1) is 0 Å². The van der Waals surface area contributed by atoms with E-state index in [1.807, 2.05) is 6.07 Å². The fourth-order valence-corrected chi connectivity index (χ4v) is 9.35. The van der Waals surface area contributed by atoms with Crippen molar-refractivity contribution in [1.82, 2.24) is 31.1 Å². The van der Waals surface area contributed by atoms with Gasteiger partial charge >= 0.3 is 12.1 Å². The Kier molecular flexibility index (Phi) is 19.2. The molecule has 394 valence electrons. The number of ketones is 2. The molecule has 3 aromatic carbocycles. The van der Waals surface area contributed by atoms with Crippen molar-refractivity contribution in [3.8, 4) is 6.07 Å². The van der Waals surface area contributed by atoms with E-state index >= 15 is 4.79 Å². The number of carbonyl (C=O) groups excluding carboxylic acids is 9. The number of alkyl carbamates (subject to hydrolysis) is 1. The monoisotopic (exact) mass is 1020 g/mol. The molecule has 19 heteroatoms. The van der Waals surface area contributed by atoms with Gasteiger partial charge in [0.1, 0.15) is 43.1 Å². The van der Waals surface area contributed by atoms with Gasteiger partial charge in [0, 0.05) is 38.6 Å². The van der Waals surface area contributed by atoms with Crippen LogP contribution in [0.4, 0.5) is 4.79 Å². The van der Waals surface area contributed by atoms with Gasteiger partial charge in [-0.1, -0.05) is 86.6 Å². The number of hydrogen-bond acceptors (Lipinski definition) is 13. The number of cyclic esters (lactones) is 1. The van der Waals surface area contributed by atoms with E-state index in [4.69, 9.17) is 9.47 Å². The van der Waals surface area contributed by atoms with Gasteiger partial charge in [-0.2, -0.15) is 5.26 Å². The second-order valence-corrected chi connectivity index (χ2v) is 20.0. The van der Waals surface area contributed by atoms with Crippen LogP contribution in [0.5, 0.6) is 0 Å². The topological polar surface area (TPSA) is 271 Å². The van der Waals surface area contributed by atoms with E-state index in [9.17, 15) is 48.7 Å². The number of hydrogen-bond donors (Lipinski definition) is 5. The van der Waals surface area contributed by atoms with Crippen molar-refractivity contribution in [3.63, 3.8) is 0 Å². The van der Waals surface area contributed by atoms with Gasteiger partial charge in [-0.05, 0) is 87.1 Å². The zero-order valence-electron chi connectivity index (χ0n) is 42.7. The number of fused-ring (bicyclic) bond motifs is 2. The Hall–Kier alpha value is -7.46. The summed E-state index contributed by atoms with van der Waals surface area (Å²) in [7, 11) is 1.39. The largest absolute Gasteiger partial charge is 0.460 e. The highest BCUT2D eigenvalue weighted by atomic mass is 16.6. The molecule has 0 spiro atoms. The minimum Gasteiger partial charge on any atom is -0.460 e. The van der Waals surface area contributed by atoms with Gasteiger partial charge < -0.3 is 45.6 Å². The number of nitrogens with zero attached hydrogens (tertiary/aromatic N) is 3. The highest BCUT2D eigenvalue weighted by Crippen LogP contribution is 2.36. The summed E-state index contributed by atoms with van der Waals surface area (Å²) in [5, 5.41) is 31.9. The van der Waals surface area contributed by atoms with Crippen LogP contribution in [0.3, 0.4) is 0 Å². The van der Waals surface area contributed by atoms with Gasteiger partial charge in [0.2, 0.25) is 29.5 Å². The second kappa shape index (κ2) is 25.5. The van der Waals surface area contributed by atoms with Crippen LogP contribution in [-0.4, -0.2) is 124 Å². The first-order chi connectivity index (χ1) is 35.3. The number of benzene rings is 3. The molecule has 1 saturated carbocycles. The fourth-order valence-electron chi connectivity index (χ4n) is 9.35. The molecule has 0 radical (unpaired) electrons. The Morgan fingerprint density at radius 1 is 0.784 bits per heavy atom. The second-order valence-electron chi connectivity index (χ2n) is 20.0. The molecule has 3 aromatic rings. The Morgan fingerprint density at radius 3 is 2.05 bits per heavy atom. The van der Waals surface area contributed by atoms with Gasteiger partial charge in [0.05, 0.1) is 29.6 Å². The lowest BCUT2D eigenvalue weighted by Crippen LogP contribution is -2.62. The third-order valence-corrected chi connectivity index (χ3v) is 14.0. The van der Waals surface area contributed by atoms with Crippen molar-refractivity contribution < 1.29 is 57.7 Å². The summed E-state index contributed by atoms with van der Waals surface area (Å²) in [5.41, 5.74) is 2.15. The molecule has 2 heterocycles. The van der Waals surface area contributed by atoms with Crippen molar-refractivity contribution in [1.29, 1.82) is 5.26 Å². The van der Waals surface area contributed by atoms with Gasteiger partial charge in [0.15, 0.2) is 11.6 Å². The molecule has 2 aliphatic heterocycles. The van der Waals surface area contributed by atoms with Crippen molar-refractivity contribution >= 4 is 53.2 Å². The molecule has 3 aliphatic rings. The van der Waals surface area contributed by atoms with Crippen molar-refractivity contribution in [3.05, 3.63) is 107 Å². The van der Waals surface area contributed by atoms with E-state index < -0.39 is 126 Å². The molecule has 2 bridgehead atoms. The number of likely N-dealkylation sites (N-methyl/N-ethyl adjacent to an activating group) is 1. The van der Waals surface area contributed by atoms with E-state index in [0.717, 1.165) is 10.5 Å². The normalized spacial score (nSPS) is 25.2. The Morgan fingerprint density at radius 2 is 1.42 bits per heavy atom. The first-order valence-electron chi connectivity index (χ1n) is 25.2. The Bertz CT molecular complexity index is 2580. The average molecular weight is 1020 g/mol. The summed E-state index contributed by atoms with van der Waals surface area (Å²) in [6.45, 7) is 7.45. The van der Waals surface area contributed by atoms with Crippen LogP contribution < -0.4 is 21.3 Å². The van der Waals surface area contributed by atoms with E-state index in [1.165, 1.54) is 32.7 Å². The van der Waals surface area contributed by atoms with Crippen molar-refractivity contribution in [2.75, 3.05) is 7.05 Å². The first kappa shape index (κ1) is 55.8. The number of aliphatic hydroxyl groups is 1. The lowest BCUT2D eigenvalue weighted by Gasteiger charge is -2.43. The Labute approximate surface area is 431 Å². The molecular weight excluding hydrogens is 951 g/mol. The molecule has 1 aliphatic carbocycles. The maximum Gasteiger partial charge on any atom is 0.408 e. The lowest BCUT2D eigenvalue weighted by atomic mass is 9.86. The summed E-state index contributed by atoms with van der Waals surface area (Å²) in [6.07, 6.45) is -3.71. The number of rotatable bonds is 14. The van der Waals surface area contributed by atoms with Crippen LogP contribution in [0.2, 0.25) is 0 Å². The van der Waals surface area contributed by atoms with Crippen LogP contribution in [-0.2, 0) is 67.3 Å². The number of ether oxygens (including phenoxy) is 2. The maximum atomic E-state index is 15.1. The SMILES string of the molecule is CC(C)[C@@H]1NC(=O)[C@H](Cc2ccccc2)N(C)C(=O)[C@H](Cc2cccc(C#N)c2)N2C(=O)[C@H](CC[C@H]2O)CC(=O)[C@H](C2CC2)NC(=O)[C@@H](CC(=O)[C@H](C)NC(=O)[C@H](C)NC(=O)OCc2ccccc2)[C@@H](C)OC1=O. The first-order valence-corrected chi connectivity index (χ1v) is 25.2. The fraction of sp³-hybridized carbons (Fsp3) is 0.491. The van der Waals surface area contributed by atoms with Gasteiger partial charge in [-0.3, -0.25) is 33.6 Å².